The molecule has 1 aromatic rings. The first kappa shape index (κ1) is 17.0. The van der Waals surface area contributed by atoms with Crippen molar-refractivity contribution >= 4 is 11.9 Å². The molecule has 1 N–H and O–H groups in total. The van der Waals surface area contributed by atoms with E-state index in [1.54, 1.807) is 11.0 Å². The van der Waals surface area contributed by atoms with Crippen molar-refractivity contribution in [2.75, 3.05) is 33.2 Å². The van der Waals surface area contributed by atoms with Gasteiger partial charge in [-0.3, -0.25) is 4.79 Å². The van der Waals surface area contributed by atoms with E-state index in [2.05, 4.69) is 15.5 Å². The molecule has 7 heteroatoms. The Balaban J connectivity index is 2.66. The Labute approximate surface area is 126 Å². The fraction of sp³-hybridized carbons (Fsp3) is 0.643. The van der Waals surface area contributed by atoms with E-state index >= 15 is 0 Å². The highest BCUT2D eigenvalue weighted by atomic mass is 16.5. The number of nitrogens with zero attached hydrogens (tertiary/aromatic N) is 4. The molecule has 0 spiro atoms. The highest BCUT2D eigenvalue weighted by Crippen LogP contribution is 1.99. The van der Waals surface area contributed by atoms with Crippen LogP contribution in [0, 0.1) is 0 Å². The summed E-state index contributed by atoms with van der Waals surface area (Å²) in [5.41, 5.74) is 0.758. The molecule has 118 valence electrons. The molecule has 0 aromatic carbocycles. The van der Waals surface area contributed by atoms with Crippen LogP contribution < -0.4 is 5.32 Å². The maximum absolute atomic E-state index is 12.1. The number of rotatable bonds is 7. The summed E-state index contributed by atoms with van der Waals surface area (Å²) in [6.07, 6.45) is 1.52. The second-order valence-electron chi connectivity index (χ2n) is 4.58. The van der Waals surface area contributed by atoms with Crippen LogP contribution in [-0.4, -0.2) is 60.0 Å². The van der Waals surface area contributed by atoms with Crippen LogP contribution in [0.1, 0.15) is 26.5 Å². The quantitative estimate of drug-likeness (QED) is 0.598. The fourth-order valence-corrected chi connectivity index (χ4v) is 1.90. The first-order valence-corrected chi connectivity index (χ1v) is 7.28. The smallest absolute Gasteiger partial charge is 0.242 e. The molecule has 0 saturated carbocycles. The van der Waals surface area contributed by atoms with E-state index in [0.29, 0.717) is 19.0 Å². The number of hydrogen-bond donors (Lipinski definition) is 1. The second-order valence-corrected chi connectivity index (χ2v) is 4.58. The van der Waals surface area contributed by atoms with E-state index in [0.717, 1.165) is 25.3 Å². The summed E-state index contributed by atoms with van der Waals surface area (Å²) in [4.78, 5) is 20.2. The van der Waals surface area contributed by atoms with Gasteiger partial charge in [0.1, 0.15) is 12.0 Å². The lowest BCUT2D eigenvalue weighted by atomic mass is 10.4. The molecule has 1 rings (SSSR count). The van der Waals surface area contributed by atoms with Crippen molar-refractivity contribution in [3.63, 3.8) is 0 Å². The molecule has 0 bridgehead atoms. The zero-order valence-electron chi connectivity index (χ0n) is 13.3. The number of likely N-dealkylation sites (N-methyl/N-ethyl adjacent to an activating group) is 2. The number of carbonyl (C=O) groups excluding carboxylic acids is 1. The first-order valence-electron chi connectivity index (χ1n) is 7.28. The van der Waals surface area contributed by atoms with Gasteiger partial charge in [0.05, 0.1) is 13.1 Å². The minimum atomic E-state index is 0.0922. The Morgan fingerprint density at radius 3 is 2.62 bits per heavy atom. The Kier molecular flexibility index (Phi) is 7.28. The molecule has 1 aromatic heterocycles. The molecular formula is C14H25N5O2. The lowest BCUT2D eigenvalue weighted by molar-refractivity contribution is -0.131. The summed E-state index contributed by atoms with van der Waals surface area (Å²) in [5.74, 6) is 0.774. The van der Waals surface area contributed by atoms with E-state index < -0.39 is 0 Å². The summed E-state index contributed by atoms with van der Waals surface area (Å²) in [6, 6.07) is 1.77. The van der Waals surface area contributed by atoms with Crippen LogP contribution in [0.4, 0.5) is 0 Å². The lowest BCUT2D eigenvalue weighted by Crippen LogP contribution is -2.45. The van der Waals surface area contributed by atoms with Crippen LogP contribution >= 0.6 is 0 Å². The molecule has 7 nitrogen and oxygen atoms in total. The molecule has 21 heavy (non-hydrogen) atoms. The standard InChI is InChI=1S/C14H25N5O2/c1-5-15-14(16-10-12-8-9-21-17-12)18(4)11-13(20)19(6-2)7-3/h8-9H,5-7,10-11H2,1-4H3,(H,15,16). The lowest BCUT2D eigenvalue weighted by Gasteiger charge is -2.25. The number of aliphatic imine (C=N–C) groups is 1. The van der Waals surface area contributed by atoms with Crippen molar-refractivity contribution in [2.24, 2.45) is 4.99 Å². The maximum Gasteiger partial charge on any atom is 0.242 e. The van der Waals surface area contributed by atoms with Crippen molar-refractivity contribution in [1.82, 2.24) is 20.3 Å². The average Bonchev–Trinajstić information content (AvgIpc) is 2.97. The summed E-state index contributed by atoms with van der Waals surface area (Å²) >= 11 is 0. The van der Waals surface area contributed by atoms with E-state index in [1.165, 1.54) is 6.26 Å². The Morgan fingerprint density at radius 2 is 2.10 bits per heavy atom. The van der Waals surface area contributed by atoms with Gasteiger partial charge in [0, 0.05) is 32.7 Å². The third-order valence-corrected chi connectivity index (χ3v) is 3.07. The maximum atomic E-state index is 12.1. The summed E-state index contributed by atoms with van der Waals surface area (Å²) in [7, 11) is 1.85. The Hall–Kier alpha value is -2.05. The molecule has 0 unspecified atom stereocenters. The minimum absolute atomic E-state index is 0.0922. The van der Waals surface area contributed by atoms with Gasteiger partial charge in [0.25, 0.3) is 0 Å². The van der Waals surface area contributed by atoms with Gasteiger partial charge < -0.3 is 19.6 Å². The Bertz CT molecular complexity index is 440. The van der Waals surface area contributed by atoms with Crippen LogP contribution in [0.25, 0.3) is 0 Å². The van der Waals surface area contributed by atoms with Crippen molar-refractivity contribution in [3.05, 3.63) is 18.0 Å². The van der Waals surface area contributed by atoms with Crippen LogP contribution in [0.3, 0.4) is 0 Å². The van der Waals surface area contributed by atoms with Crippen LogP contribution in [-0.2, 0) is 11.3 Å². The molecule has 1 amide bonds. The van der Waals surface area contributed by atoms with Crippen LogP contribution in [0.2, 0.25) is 0 Å². The van der Waals surface area contributed by atoms with Crippen molar-refractivity contribution < 1.29 is 9.32 Å². The van der Waals surface area contributed by atoms with Gasteiger partial charge >= 0.3 is 0 Å². The molecule has 0 radical (unpaired) electrons. The second kappa shape index (κ2) is 8.99. The molecular weight excluding hydrogens is 270 g/mol. The first-order chi connectivity index (χ1) is 10.1. The Morgan fingerprint density at radius 1 is 1.38 bits per heavy atom. The van der Waals surface area contributed by atoms with E-state index in [1.807, 2.05) is 32.7 Å². The monoisotopic (exact) mass is 295 g/mol. The van der Waals surface area contributed by atoms with Gasteiger partial charge in [0.2, 0.25) is 5.91 Å². The van der Waals surface area contributed by atoms with Gasteiger partial charge in [-0.05, 0) is 20.8 Å². The predicted octanol–water partition coefficient (Wildman–Crippen LogP) is 0.940. The number of hydrogen-bond acceptors (Lipinski definition) is 4. The fourth-order valence-electron chi connectivity index (χ4n) is 1.90. The van der Waals surface area contributed by atoms with E-state index in [4.69, 9.17) is 4.52 Å². The van der Waals surface area contributed by atoms with Crippen molar-refractivity contribution in [3.8, 4) is 0 Å². The van der Waals surface area contributed by atoms with Gasteiger partial charge in [-0.15, -0.1) is 0 Å². The summed E-state index contributed by atoms with van der Waals surface area (Å²) < 4.78 is 4.78. The van der Waals surface area contributed by atoms with Gasteiger partial charge in [-0.2, -0.15) is 0 Å². The number of nitrogens with one attached hydrogen (secondary N) is 1. The van der Waals surface area contributed by atoms with Crippen molar-refractivity contribution in [2.45, 2.75) is 27.3 Å². The molecule has 0 fully saturated rings. The molecule has 0 saturated heterocycles. The normalized spacial score (nSPS) is 11.3. The third kappa shape index (κ3) is 5.45. The number of guanidine groups is 1. The zero-order valence-corrected chi connectivity index (χ0v) is 13.3. The van der Waals surface area contributed by atoms with E-state index in [9.17, 15) is 4.79 Å². The molecule has 1 heterocycles. The largest absolute Gasteiger partial charge is 0.364 e. The zero-order chi connectivity index (χ0) is 15.7. The molecule has 0 aliphatic rings. The van der Waals surface area contributed by atoms with Crippen LogP contribution in [0.5, 0.6) is 0 Å². The number of carbonyl (C=O) groups is 1. The molecule has 0 aliphatic carbocycles. The summed E-state index contributed by atoms with van der Waals surface area (Å²) in [6.45, 7) is 8.84. The number of aromatic nitrogens is 1. The average molecular weight is 295 g/mol. The third-order valence-electron chi connectivity index (χ3n) is 3.07. The SMILES string of the molecule is CCNC(=NCc1ccon1)N(C)CC(=O)N(CC)CC. The molecule has 0 atom stereocenters. The van der Waals surface area contributed by atoms with E-state index in [-0.39, 0.29) is 5.91 Å². The number of amides is 1. The van der Waals surface area contributed by atoms with Gasteiger partial charge in [-0.25, -0.2) is 4.99 Å². The highest BCUT2D eigenvalue weighted by molar-refractivity contribution is 5.86. The molecule has 0 aliphatic heterocycles. The van der Waals surface area contributed by atoms with Crippen molar-refractivity contribution in [1.29, 1.82) is 0 Å². The predicted molar refractivity (Wildman–Crippen MR) is 81.9 cm³/mol. The summed E-state index contributed by atoms with van der Waals surface area (Å²) in [5, 5.41) is 6.99. The van der Waals surface area contributed by atoms with Gasteiger partial charge in [0.15, 0.2) is 5.96 Å². The van der Waals surface area contributed by atoms with Gasteiger partial charge in [-0.1, -0.05) is 5.16 Å². The minimum Gasteiger partial charge on any atom is -0.364 e. The topological polar surface area (TPSA) is 74.0 Å². The highest BCUT2D eigenvalue weighted by Gasteiger charge is 2.15. The van der Waals surface area contributed by atoms with Crippen LogP contribution in [0.15, 0.2) is 21.8 Å².